The topological polar surface area (TPSA) is 54.3 Å². The molecule has 0 fully saturated rings. The van der Waals surface area contributed by atoms with E-state index in [0.717, 1.165) is 5.56 Å². The first-order valence-corrected chi connectivity index (χ1v) is 8.29. The molecule has 1 aliphatic rings. The maximum Gasteiger partial charge on any atom is 0.337 e. The van der Waals surface area contributed by atoms with Crippen LogP contribution in [0.2, 0.25) is 0 Å². The first kappa shape index (κ1) is 17.3. The maximum absolute atomic E-state index is 12.4. The molecular formula is C17H21N3O2S. The molecule has 23 heavy (non-hydrogen) atoms. The number of rotatable bonds is 4. The Bertz CT molecular complexity index is 651. The number of thioether (sulfide) groups is 1. The summed E-state index contributed by atoms with van der Waals surface area (Å²) in [5, 5.41) is 0.472. The summed E-state index contributed by atoms with van der Waals surface area (Å²) in [6.45, 7) is 3.97. The van der Waals surface area contributed by atoms with Gasteiger partial charge in [-0.1, -0.05) is 42.1 Å². The number of ether oxygens (including phenoxy) is 1. The van der Waals surface area contributed by atoms with Gasteiger partial charge in [-0.15, -0.1) is 0 Å². The van der Waals surface area contributed by atoms with Crippen LogP contribution < -0.4 is 0 Å². The molecule has 0 aliphatic carbocycles. The number of carbonyl (C=O) groups is 1. The van der Waals surface area contributed by atoms with Crippen molar-refractivity contribution in [2.75, 3.05) is 20.7 Å². The molecule has 1 atom stereocenters. The van der Waals surface area contributed by atoms with E-state index in [1.165, 1.54) is 11.8 Å². The van der Waals surface area contributed by atoms with Crippen molar-refractivity contribution in [1.29, 1.82) is 0 Å². The van der Waals surface area contributed by atoms with Crippen LogP contribution in [0.1, 0.15) is 24.7 Å². The van der Waals surface area contributed by atoms with Gasteiger partial charge in [0.2, 0.25) is 0 Å². The number of nitrogens with zero attached hydrogens (tertiary/aromatic N) is 3. The summed E-state index contributed by atoms with van der Waals surface area (Å²) in [4.78, 5) is 23.0. The Morgan fingerprint density at radius 1 is 1.39 bits per heavy atom. The molecule has 0 radical (unpaired) electrons. The molecule has 1 unspecified atom stereocenters. The summed E-state index contributed by atoms with van der Waals surface area (Å²) >= 11 is 1.46. The van der Waals surface area contributed by atoms with Crippen LogP contribution in [0.4, 0.5) is 0 Å². The van der Waals surface area contributed by atoms with Crippen molar-refractivity contribution < 1.29 is 9.53 Å². The Hall–Kier alpha value is -2.08. The molecule has 0 saturated heterocycles. The first-order valence-electron chi connectivity index (χ1n) is 7.41. The molecule has 0 amide bonds. The molecule has 1 aliphatic heterocycles. The van der Waals surface area contributed by atoms with E-state index >= 15 is 0 Å². The number of allylic oxidation sites excluding steroid dienone is 1. The lowest BCUT2D eigenvalue weighted by molar-refractivity contribution is -0.138. The van der Waals surface area contributed by atoms with E-state index in [0.29, 0.717) is 23.0 Å². The van der Waals surface area contributed by atoms with Crippen LogP contribution in [-0.2, 0) is 9.53 Å². The van der Waals surface area contributed by atoms with Crippen LogP contribution in [0.3, 0.4) is 0 Å². The second-order valence-corrected chi connectivity index (χ2v) is 6.30. The molecule has 0 aromatic heterocycles. The number of benzene rings is 1. The average Bonchev–Trinajstić information content (AvgIpc) is 2.53. The fourth-order valence-corrected chi connectivity index (χ4v) is 3.32. The third-order valence-corrected chi connectivity index (χ3v) is 4.29. The van der Waals surface area contributed by atoms with E-state index in [1.54, 1.807) is 13.3 Å². The van der Waals surface area contributed by atoms with Gasteiger partial charge < -0.3 is 9.64 Å². The largest absolute Gasteiger partial charge is 0.463 e. The molecule has 122 valence electrons. The second-order valence-electron chi connectivity index (χ2n) is 5.23. The van der Waals surface area contributed by atoms with Gasteiger partial charge in [0.25, 0.3) is 0 Å². The highest BCUT2D eigenvalue weighted by atomic mass is 32.2. The van der Waals surface area contributed by atoms with Crippen LogP contribution in [0.25, 0.3) is 0 Å². The predicted molar refractivity (Wildman–Crippen MR) is 95.7 cm³/mol. The lowest BCUT2D eigenvalue weighted by Gasteiger charge is -2.24. The third-order valence-electron chi connectivity index (χ3n) is 3.14. The van der Waals surface area contributed by atoms with Gasteiger partial charge >= 0.3 is 5.97 Å². The van der Waals surface area contributed by atoms with Crippen molar-refractivity contribution in [3.05, 3.63) is 47.2 Å². The van der Waals surface area contributed by atoms with Gasteiger partial charge in [-0.2, -0.15) is 0 Å². The zero-order valence-corrected chi connectivity index (χ0v) is 14.6. The van der Waals surface area contributed by atoms with Crippen molar-refractivity contribution in [2.45, 2.75) is 19.1 Å². The van der Waals surface area contributed by atoms with Crippen molar-refractivity contribution >= 4 is 29.2 Å². The van der Waals surface area contributed by atoms with Crippen LogP contribution in [0.15, 0.2) is 51.6 Å². The Labute approximate surface area is 141 Å². The van der Waals surface area contributed by atoms with Gasteiger partial charge in [-0.25, -0.2) is 14.8 Å². The predicted octanol–water partition coefficient (Wildman–Crippen LogP) is 3.26. The number of aliphatic imine (C=N–C) groups is 2. The number of esters is 1. The normalized spacial score (nSPS) is 18.1. The van der Waals surface area contributed by atoms with E-state index in [4.69, 9.17) is 4.74 Å². The van der Waals surface area contributed by atoms with E-state index in [1.807, 2.05) is 56.3 Å². The van der Waals surface area contributed by atoms with E-state index in [2.05, 4.69) is 9.98 Å². The monoisotopic (exact) mass is 331 g/mol. The van der Waals surface area contributed by atoms with Crippen LogP contribution in [0, 0.1) is 0 Å². The summed E-state index contributed by atoms with van der Waals surface area (Å²) in [5.41, 5.74) is 2.28. The van der Waals surface area contributed by atoms with Crippen LogP contribution in [-0.4, -0.2) is 43.1 Å². The average molecular weight is 331 g/mol. The first-order chi connectivity index (χ1) is 11.0. The molecule has 0 bridgehead atoms. The van der Waals surface area contributed by atoms with E-state index in [-0.39, 0.29) is 11.2 Å². The van der Waals surface area contributed by atoms with Crippen molar-refractivity contribution in [1.82, 2.24) is 4.90 Å². The summed E-state index contributed by atoms with van der Waals surface area (Å²) in [6.07, 6.45) is 1.70. The molecule has 1 aromatic rings. The Kier molecular flexibility index (Phi) is 5.98. The van der Waals surface area contributed by atoms with Gasteiger partial charge in [0, 0.05) is 14.1 Å². The third kappa shape index (κ3) is 4.45. The van der Waals surface area contributed by atoms with E-state index in [9.17, 15) is 4.79 Å². The van der Waals surface area contributed by atoms with Gasteiger partial charge in [0.15, 0.2) is 5.17 Å². The highest BCUT2D eigenvalue weighted by Crippen LogP contribution is 2.42. The van der Waals surface area contributed by atoms with Gasteiger partial charge in [0.1, 0.15) is 0 Å². The van der Waals surface area contributed by atoms with Gasteiger partial charge in [0.05, 0.1) is 29.5 Å². The number of hydrogen-bond donors (Lipinski definition) is 0. The second kappa shape index (κ2) is 7.97. The number of carbonyl (C=O) groups excluding carboxylic acids is 1. The fraction of sp³-hybridized carbons (Fsp3) is 0.353. The summed E-state index contributed by atoms with van der Waals surface area (Å²) in [5.74, 6) is -0.314. The number of amidine groups is 1. The molecule has 5 nitrogen and oxygen atoms in total. The zero-order chi connectivity index (χ0) is 16.8. The standard InChI is InChI=1S/C17H21N3O2S/c1-5-22-16(21)14-12(2)19-17(18-11-20(3)4)23-15(14)13-9-7-6-8-10-13/h6-11,15H,5H2,1-4H3/b18-11+. The lowest BCUT2D eigenvalue weighted by atomic mass is 10.0. The summed E-state index contributed by atoms with van der Waals surface area (Å²) < 4.78 is 5.21. The quantitative estimate of drug-likeness (QED) is 0.483. The SMILES string of the molecule is CCOC(=O)C1=C(C)N=C(/N=C/N(C)C)SC1c1ccccc1. The zero-order valence-electron chi connectivity index (χ0n) is 13.8. The molecule has 0 spiro atoms. The Morgan fingerprint density at radius 2 is 2.09 bits per heavy atom. The number of hydrogen-bond acceptors (Lipinski definition) is 5. The smallest absolute Gasteiger partial charge is 0.337 e. The van der Waals surface area contributed by atoms with Crippen molar-refractivity contribution in [2.24, 2.45) is 9.98 Å². The minimum absolute atomic E-state index is 0.165. The van der Waals surface area contributed by atoms with Crippen molar-refractivity contribution in [3.8, 4) is 0 Å². The Balaban J connectivity index is 2.42. The van der Waals surface area contributed by atoms with Gasteiger partial charge in [-0.3, -0.25) is 0 Å². The van der Waals surface area contributed by atoms with Gasteiger partial charge in [-0.05, 0) is 19.4 Å². The van der Waals surface area contributed by atoms with Crippen molar-refractivity contribution in [3.63, 3.8) is 0 Å². The minimum atomic E-state index is -0.314. The highest BCUT2D eigenvalue weighted by molar-refractivity contribution is 8.14. The van der Waals surface area contributed by atoms with Crippen LogP contribution in [0.5, 0.6) is 0 Å². The van der Waals surface area contributed by atoms with E-state index < -0.39 is 0 Å². The molecule has 6 heteroatoms. The molecule has 0 N–H and O–H groups in total. The van der Waals surface area contributed by atoms with Crippen LogP contribution >= 0.6 is 11.8 Å². The highest BCUT2D eigenvalue weighted by Gasteiger charge is 2.31. The molecule has 2 rings (SSSR count). The fourth-order valence-electron chi connectivity index (χ4n) is 2.13. The minimum Gasteiger partial charge on any atom is -0.463 e. The lowest BCUT2D eigenvalue weighted by Crippen LogP contribution is -2.19. The maximum atomic E-state index is 12.4. The molecular weight excluding hydrogens is 310 g/mol. The summed E-state index contributed by atoms with van der Waals surface area (Å²) in [6, 6.07) is 9.88. The Morgan fingerprint density at radius 3 is 2.70 bits per heavy atom. The molecule has 1 aromatic carbocycles. The molecule has 0 saturated carbocycles. The molecule has 1 heterocycles. The summed E-state index contributed by atoms with van der Waals surface area (Å²) in [7, 11) is 3.80.